The van der Waals surface area contributed by atoms with Gasteiger partial charge in [0.15, 0.2) is 0 Å². The highest BCUT2D eigenvalue weighted by molar-refractivity contribution is 5.92. The van der Waals surface area contributed by atoms with E-state index < -0.39 is 17.4 Å². The van der Waals surface area contributed by atoms with Gasteiger partial charge in [0.25, 0.3) is 0 Å². The average Bonchev–Trinajstić information content (AvgIpc) is 2.74. The molecule has 22 heavy (non-hydrogen) atoms. The molecule has 5 nitrogen and oxygen atoms in total. The Hall–Kier alpha value is -2.04. The van der Waals surface area contributed by atoms with Gasteiger partial charge in [-0.05, 0) is 37.5 Å². The van der Waals surface area contributed by atoms with Crippen LogP contribution in [0, 0.1) is 0 Å². The predicted octanol–water partition coefficient (Wildman–Crippen LogP) is 2.19. The molecular formula is C17H24N2O3. The molecule has 1 saturated carbocycles. The van der Waals surface area contributed by atoms with E-state index in [2.05, 4.69) is 5.32 Å². The van der Waals surface area contributed by atoms with E-state index in [1.54, 1.807) is 31.2 Å². The number of carbonyl (C=O) groups excluding carboxylic acids is 2. The van der Waals surface area contributed by atoms with Crippen LogP contribution in [0.5, 0.6) is 5.75 Å². The van der Waals surface area contributed by atoms with Crippen molar-refractivity contribution < 1.29 is 14.7 Å². The zero-order valence-corrected chi connectivity index (χ0v) is 13.0. The van der Waals surface area contributed by atoms with Crippen molar-refractivity contribution in [2.45, 2.75) is 56.9 Å². The summed E-state index contributed by atoms with van der Waals surface area (Å²) in [6, 6.07) is 6.52. The number of hydrogen-bond acceptors (Lipinski definition) is 3. The fraction of sp³-hybridized carbons (Fsp3) is 0.529. The number of phenols is 1. The lowest BCUT2D eigenvalue weighted by atomic mass is 9.88. The number of rotatable bonds is 4. The maximum absolute atomic E-state index is 12.5. The highest BCUT2D eigenvalue weighted by Crippen LogP contribution is 2.28. The second-order valence-electron chi connectivity index (χ2n) is 6.16. The van der Waals surface area contributed by atoms with Crippen molar-refractivity contribution in [1.82, 2.24) is 5.32 Å². The molecule has 0 radical (unpaired) electrons. The van der Waals surface area contributed by atoms with Crippen LogP contribution in [0.4, 0.5) is 0 Å². The van der Waals surface area contributed by atoms with E-state index in [0.717, 1.165) is 31.2 Å². The van der Waals surface area contributed by atoms with E-state index in [1.807, 2.05) is 0 Å². The molecule has 0 heterocycles. The maximum atomic E-state index is 12.5. The molecule has 5 heteroatoms. The largest absolute Gasteiger partial charge is 0.508 e. The molecule has 2 rings (SSSR count). The number of primary amides is 1. The topological polar surface area (TPSA) is 92.4 Å². The fourth-order valence-electron chi connectivity index (χ4n) is 3.02. The van der Waals surface area contributed by atoms with Gasteiger partial charge in [-0.3, -0.25) is 9.59 Å². The van der Waals surface area contributed by atoms with Gasteiger partial charge in [-0.1, -0.05) is 37.8 Å². The molecule has 4 N–H and O–H groups in total. The summed E-state index contributed by atoms with van der Waals surface area (Å²) >= 11 is 0. The lowest BCUT2D eigenvalue weighted by Crippen LogP contribution is -2.58. The van der Waals surface area contributed by atoms with Crippen molar-refractivity contribution in [2.75, 3.05) is 0 Å². The first-order valence-corrected chi connectivity index (χ1v) is 7.85. The smallest absolute Gasteiger partial charge is 0.243 e. The van der Waals surface area contributed by atoms with Crippen molar-refractivity contribution in [2.24, 2.45) is 5.73 Å². The van der Waals surface area contributed by atoms with Crippen molar-refractivity contribution >= 4 is 11.8 Å². The number of benzene rings is 1. The Labute approximate surface area is 130 Å². The summed E-state index contributed by atoms with van der Waals surface area (Å²) in [6.45, 7) is 1.78. The molecule has 0 bridgehead atoms. The molecule has 1 atom stereocenters. The van der Waals surface area contributed by atoms with E-state index in [4.69, 9.17) is 5.73 Å². The van der Waals surface area contributed by atoms with Crippen LogP contribution >= 0.6 is 0 Å². The van der Waals surface area contributed by atoms with Crippen LogP contribution < -0.4 is 11.1 Å². The summed E-state index contributed by atoms with van der Waals surface area (Å²) in [5, 5.41) is 12.2. The van der Waals surface area contributed by atoms with Crippen LogP contribution in [0.15, 0.2) is 24.3 Å². The molecule has 1 aromatic carbocycles. The number of hydrogen-bond donors (Lipinski definition) is 3. The molecule has 1 aromatic rings. The van der Waals surface area contributed by atoms with E-state index in [1.165, 1.54) is 0 Å². The van der Waals surface area contributed by atoms with Crippen molar-refractivity contribution in [3.8, 4) is 5.75 Å². The molecule has 1 fully saturated rings. The van der Waals surface area contributed by atoms with Crippen molar-refractivity contribution in [3.05, 3.63) is 29.8 Å². The Morgan fingerprint density at radius 1 is 1.14 bits per heavy atom. The van der Waals surface area contributed by atoms with Gasteiger partial charge in [-0.15, -0.1) is 0 Å². The number of phenolic OH excluding ortho intramolecular Hbond substituents is 1. The summed E-state index contributed by atoms with van der Waals surface area (Å²) in [5.41, 5.74) is 5.47. The highest BCUT2D eigenvalue weighted by atomic mass is 16.3. The van der Waals surface area contributed by atoms with Gasteiger partial charge >= 0.3 is 0 Å². The van der Waals surface area contributed by atoms with E-state index in [0.29, 0.717) is 12.8 Å². The summed E-state index contributed by atoms with van der Waals surface area (Å²) in [4.78, 5) is 24.5. The van der Waals surface area contributed by atoms with Gasteiger partial charge in [0.1, 0.15) is 11.3 Å². The quantitative estimate of drug-likeness (QED) is 0.744. The number of carbonyl (C=O) groups is 2. The fourth-order valence-corrected chi connectivity index (χ4v) is 3.02. The second kappa shape index (κ2) is 6.81. The van der Waals surface area contributed by atoms with E-state index >= 15 is 0 Å². The second-order valence-corrected chi connectivity index (χ2v) is 6.16. The number of nitrogens with two attached hydrogens (primary N) is 1. The van der Waals surface area contributed by atoms with E-state index in [-0.39, 0.29) is 11.7 Å². The van der Waals surface area contributed by atoms with Crippen LogP contribution in [-0.2, 0) is 9.59 Å². The summed E-state index contributed by atoms with van der Waals surface area (Å²) in [5.74, 6) is -0.888. The Bertz CT molecular complexity index is 531. The van der Waals surface area contributed by atoms with E-state index in [9.17, 15) is 14.7 Å². The molecule has 0 spiro atoms. The molecule has 0 aliphatic heterocycles. The Kier molecular flexibility index (Phi) is 5.06. The Morgan fingerprint density at radius 3 is 2.18 bits per heavy atom. The number of nitrogens with one attached hydrogen (secondary N) is 1. The molecule has 1 aliphatic rings. The van der Waals surface area contributed by atoms with Crippen LogP contribution in [0.1, 0.15) is 56.9 Å². The van der Waals surface area contributed by atoms with Crippen LogP contribution in [0.25, 0.3) is 0 Å². The van der Waals surface area contributed by atoms with Crippen LogP contribution in [0.3, 0.4) is 0 Å². The average molecular weight is 304 g/mol. The van der Waals surface area contributed by atoms with Gasteiger partial charge in [0, 0.05) is 0 Å². The lowest BCUT2D eigenvalue weighted by Gasteiger charge is -2.31. The maximum Gasteiger partial charge on any atom is 0.243 e. The number of aromatic hydroxyl groups is 1. The SMILES string of the molecule is C[C@@H](C(=O)NC1(C(N)=O)CCCCCC1)c1ccc(O)cc1. The molecule has 0 saturated heterocycles. The van der Waals surface area contributed by atoms with Crippen LogP contribution in [0.2, 0.25) is 0 Å². The third kappa shape index (κ3) is 3.59. The standard InChI is InChI=1S/C17H24N2O3/c1-12(13-6-8-14(20)9-7-13)15(21)19-17(16(18)22)10-4-2-3-5-11-17/h6-9,12,20H,2-5,10-11H2,1H3,(H2,18,22)(H,19,21)/t12-/m1/s1. The minimum Gasteiger partial charge on any atom is -0.508 e. The number of amides is 2. The Morgan fingerprint density at radius 2 is 1.68 bits per heavy atom. The van der Waals surface area contributed by atoms with Gasteiger partial charge in [0.2, 0.25) is 11.8 Å². The zero-order valence-electron chi connectivity index (χ0n) is 13.0. The lowest BCUT2D eigenvalue weighted by molar-refractivity contribution is -0.132. The molecule has 120 valence electrons. The first kappa shape index (κ1) is 16.3. The van der Waals surface area contributed by atoms with Gasteiger partial charge in [0.05, 0.1) is 5.92 Å². The first-order chi connectivity index (χ1) is 10.4. The normalized spacial score (nSPS) is 19.0. The summed E-state index contributed by atoms with van der Waals surface area (Å²) < 4.78 is 0. The monoisotopic (exact) mass is 304 g/mol. The molecule has 2 amide bonds. The zero-order chi connectivity index (χ0) is 16.2. The van der Waals surface area contributed by atoms with Gasteiger partial charge in [-0.25, -0.2) is 0 Å². The minimum atomic E-state index is -0.918. The third-order valence-electron chi connectivity index (χ3n) is 4.58. The molecule has 1 aliphatic carbocycles. The first-order valence-electron chi connectivity index (χ1n) is 7.85. The van der Waals surface area contributed by atoms with Crippen molar-refractivity contribution in [1.29, 1.82) is 0 Å². The van der Waals surface area contributed by atoms with Gasteiger partial charge in [-0.2, -0.15) is 0 Å². The summed E-state index contributed by atoms with van der Waals surface area (Å²) in [6.07, 6.45) is 5.15. The minimum absolute atomic E-state index is 0.161. The third-order valence-corrected chi connectivity index (χ3v) is 4.58. The van der Waals surface area contributed by atoms with Crippen molar-refractivity contribution in [3.63, 3.8) is 0 Å². The van der Waals surface area contributed by atoms with Crippen LogP contribution in [-0.4, -0.2) is 22.5 Å². The molecule has 0 unspecified atom stereocenters. The Balaban J connectivity index is 2.13. The molecular weight excluding hydrogens is 280 g/mol. The summed E-state index contributed by atoms with van der Waals surface area (Å²) in [7, 11) is 0. The molecule has 0 aromatic heterocycles. The highest BCUT2D eigenvalue weighted by Gasteiger charge is 2.39. The van der Waals surface area contributed by atoms with Gasteiger partial charge < -0.3 is 16.2 Å². The predicted molar refractivity (Wildman–Crippen MR) is 84.3 cm³/mol.